The summed E-state index contributed by atoms with van der Waals surface area (Å²) in [5.41, 5.74) is 3.23. The maximum absolute atomic E-state index is 11.0. The van der Waals surface area contributed by atoms with Crippen LogP contribution in [0.3, 0.4) is 0 Å². The van der Waals surface area contributed by atoms with Crippen LogP contribution >= 0.6 is 0 Å². The second-order valence-corrected chi connectivity index (χ2v) is 6.59. The van der Waals surface area contributed by atoms with Gasteiger partial charge >= 0.3 is 0 Å². The lowest BCUT2D eigenvalue weighted by Gasteiger charge is -2.41. The minimum Gasteiger partial charge on any atom is -0.377 e. The monoisotopic (exact) mass is 304 g/mol. The molecule has 1 heterocycles. The maximum Gasteiger partial charge on any atom is 0.135 e. The predicted octanol–water partition coefficient (Wildman–Crippen LogP) is 3.37. The van der Waals surface area contributed by atoms with Gasteiger partial charge in [-0.15, -0.1) is 6.42 Å². The molecule has 1 aromatic heterocycles. The first-order valence-corrected chi connectivity index (χ1v) is 8.17. The summed E-state index contributed by atoms with van der Waals surface area (Å²) in [6, 6.07) is 10.1. The van der Waals surface area contributed by atoms with Gasteiger partial charge in [0.05, 0.1) is 17.6 Å². The van der Waals surface area contributed by atoms with Crippen LogP contribution in [-0.4, -0.2) is 20.5 Å². The fourth-order valence-corrected chi connectivity index (χ4v) is 4.33. The number of rotatable bonds is 2. The number of para-hydroxylation sites is 1. The quantitative estimate of drug-likeness (QED) is 0.864. The minimum atomic E-state index is -1.04. The molecule has 2 aliphatic carbocycles. The number of fused-ring (bicyclic) bond motifs is 2. The van der Waals surface area contributed by atoms with Crippen LogP contribution in [0.5, 0.6) is 0 Å². The van der Waals surface area contributed by atoms with E-state index >= 15 is 0 Å². The number of hydrogen-bond donors (Lipinski definition) is 1. The highest BCUT2D eigenvalue weighted by Crippen LogP contribution is 2.57. The second-order valence-electron chi connectivity index (χ2n) is 6.59. The molecule has 2 atom stereocenters. The fraction of sp³-hybridized carbons (Fsp3) is 0.350. The van der Waals surface area contributed by atoms with Gasteiger partial charge in [-0.2, -0.15) is 5.10 Å². The zero-order valence-corrected chi connectivity index (χ0v) is 13.3. The predicted molar refractivity (Wildman–Crippen MR) is 91.0 cm³/mol. The molecule has 0 bridgehead atoms. The van der Waals surface area contributed by atoms with Crippen LogP contribution in [0.2, 0.25) is 0 Å². The van der Waals surface area contributed by atoms with Crippen LogP contribution in [-0.2, 0) is 6.42 Å². The van der Waals surface area contributed by atoms with Crippen molar-refractivity contribution in [3.05, 3.63) is 53.4 Å². The number of terminal acetylenes is 1. The summed E-state index contributed by atoms with van der Waals surface area (Å²) >= 11 is 0. The molecule has 3 nitrogen and oxygen atoms in total. The highest BCUT2D eigenvalue weighted by atomic mass is 16.3. The van der Waals surface area contributed by atoms with E-state index in [1.165, 1.54) is 5.57 Å². The molecule has 0 saturated heterocycles. The Hall–Kier alpha value is -2.31. The molecule has 23 heavy (non-hydrogen) atoms. The molecule has 0 spiro atoms. The number of hydrogen-bond acceptors (Lipinski definition) is 2. The van der Waals surface area contributed by atoms with Gasteiger partial charge in [-0.25, -0.2) is 4.68 Å². The van der Waals surface area contributed by atoms with Gasteiger partial charge in [0.1, 0.15) is 5.60 Å². The van der Waals surface area contributed by atoms with E-state index in [0.717, 1.165) is 36.2 Å². The van der Waals surface area contributed by atoms with Crippen LogP contribution in [0.25, 0.3) is 11.8 Å². The minimum absolute atomic E-state index is 0.334. The molecular weight excluding hydrogens is 284 g/mol. The Kier molecular flexibility index (Phi) is 3.01. The normalized spacial score (nSPS) is 28.7. The Labute approximate surface area is 136 Å². The largest absolute Gasteiger partial charge is 0.377 e. The Morgan fingerprint density at radius 2 is 2.13 bits per heavy atom. The Balaban J connectivity index is 1.86. The molecule has 3 heteroatoms. The molecular formula is C20H20N2O. The molecule has 4 rings (SSSR count). The summed E-state index contributed by atoms with van der Waals surface area (Å²) in [5, 5.41) is 15.6. The van der Waals surface area contributed by atoms with Crippen molar-refractivity contribution in [2.75, 3.05) is 0 Å². The third-order valence-corrected chi connectivity index (χ3v) is 5.70. The lowest BCUT2D eigenvalue weighted by molar-refractivity contribution is 0.00256. The average molecular weight is 304 g/mol. The first-order valence-electron chi connectivity index (χ1n) is 8.17. The van der Waals surface area contributed by atoms with E-state index in [0.29, 0.717) is 6.42 Å². The topological polar surface area (TPSA) is 38.1 Å². The van der Waals surface area contributed by atoms with Crippen LogP contribution in [0.4, 0.5) is 0 Å². The van der Waals surface area contributed by atoms with Gasteiger partial charge in [0.2, 0.25) is 0 Å². The van der Waals surface area contributed by atoms with Gasteiger partial charge in [0.15, 0.2) is 0 Å². The van der Waals surface area contributed by atoms with Crippen LogP contribution in [0.1, 0.15) is 37.4 Å². The van der Waals surface area contributed by atoms with E-state index < -0.39 is 5.60 Å². The molecule has 0 unspecified atom stereocenters. The van der Waals surface area contributed by atoms with Gasteiger partial charge < -0.3 is 5.11 Å². The van der Waals surface area contributed by atoms with Gasteiger partial charge in [0, 0.05) is 5.41 Å². The first-order chi connectivity index (χ1) is 11.1. The molecule has 116 valence electrons. The van der Waals surface area contributed by atoms with E-state index in [2.05, 4.69) is 36.2 Å². The maximum atomic E-state index is 11.0. The van der Waals surface area contributed by atoms with Crippen molar-refractivity contribution in [3.63, 3.8) is 0 Å². The lowest BCUT2D eigenvalue weighted by atomic mass is 9.64. The van der Waals surface area contributed by atoms with E-state index in [-0.39, 0.29) is 5.41 Å². The fourth-order valence-electron chi connectivity index (χ4n) is 4.33. The molecule has 1 N–H and O–H groups in total. The van der Waals surface area contributed by atoms with Crippen molar-refractivity contribution < 1.29 is 5.11 Å². The van der Waals surface area contributed by atoms with Crippen LogP contribution in [0, 0.1) is 17.8 Å². The van der Waals surface area contributed by atoms with Crippen molar-refractivity contribution in [3.8, 4) is 18.0 Å². The zero-order chi connectivity index (χ0) is 16.1. The standard InChI is InChI=1S/C20H20N2O/c1-3-19-13-15-14-21-22(17-8-6-5-7-9-17)18(15)12-16(19)10-11-20(19,23)4-2/h2,5-9,12,14,23H,3,10-11,13H2,1H3/t19-,20-/m0/s1. The van der Waals surface area contributed by atoms with Crippen molar-refractivity contribution in [2.45, 2.75) is 38.2 Å². The molecule has 0 radical (unpaired) electrons. The Bertz CT molecular complexity index is 827. The molecule has 0 aliphatic heterocycles. The summed E-state index contributed by atoms with van der Waals surface area (Å²) in [5.74, 6) is 2.69. The van der Waals surface area contributed by atoms with E-state index in [1.807, 2.05) is 29.1 Å². The molecule has 2 aromatic rings. The summed E-state index contributed by atoms with van der Waals surface area (Å²) in [6.45, 7) is 2.12. The van der Waals surface area contributed by atoms with Crippen molar-refractivity contribution >= 4 is 6.08 Å². The Morgan fingerprint density at radius 1 is 1.35 bits per heavy atom. The molecule has 1 aromatic carbocycles. The number of nitrogens with zero attached hydrogens (tertiary/aromatic N) is 2. The second kappa shape index (κ2) is 4.84. The third-order valence-electron chi connectivity index (χ3n) is 5.70. The summed E-state index contributed by atoms with van der Waals surface area (Å²) in [4.78, 5) is 0. The van der Waals surface area contributed by atoms with E-state index in [9.17, 15) is 5.11 Å². The first kappa shape index (κ1) is 14.3. The smallest absolute Gasteiger partial charge is 0.135 e. The Morgan fingerprint density at radius 3 is 2.83 bits per heavy atom. The highest BCUT2D eigenvalue weighted by molar-refractivity contribution is 5.63. The van der Waals surface area contributed by atoms with Gasteiger partial charge in [-0.1, -0.05) is 36.6 Å². The van der Waals surface area contributed by atoms with Crippen molar-refractivity contribution in [1.29, 1.82) is 0 Å². The molecule has 2 aliphatic rings. The van der Waals surface area contributed by atoms with Gasteiger partial charge in [-0.3, -0.25) is 0 Å². The van der Waals surface area contributed by atoms with Gasteiger partial charge in [0.25, 0.3) is 0 Å². The molecule has 0 amide bonds. The van der Waals surface area contributed by atoms with Crippen LogP contribution in [0.15, 0.2) is 42.1 Å². The summed E-state index contributed by atoms with van der Waals surface area (Å²) in [7, 11) is 0. The van der Waals surface area contributed by atoms with E-state index in [4.69, 9.17) is 6.42 Å². The van der Waals surface area contributed by atoms with Crippen molar-refractivity contribution in [1.82, 2.24) is 9.78 Å². The lowest BCUT2D eigenvalue weighted by Crippen LogP contribution is -2.45. The SMILES string of the molecule is C#C[C@]1(O)CCC2=Cc3c(cnn3-c3ccccc3)C[C@@]21CC. The number of aliphatic hydroxyl groups is 1. The van der Waals surface area contributed by atoms with Crippen molar-refractivity contribution in [2.24, 2.45) is 5.41 Å². The zero-order valence-electron chi connectivity index (χ0n) is 13.3. The van der Waals surface area contributed by atoms with Gasteiger partial charge in [-0.05, 0) is 49.5 Å². The third kappa shape index (κ3) is 1.79. The summed E-state index contributed by atoms with van der Waals surface area (Å²) in [6.07, 6.45) is 12.9. The highest BCUT2D eigenvalue weighted by Gasteiger charge is 2.56. The number of aromatic nitrogens is 2. The average Bonchev–Trinajstić information content (AvgIpc) is 3.13. The van der Waals surface area contributed by atoms with E-state index in [1.54, 1.807) is 0 Å². The number of benzene rings is 1. The van der Waals surface area contributed by atoms with Crippen LogP contribution < -0.4 is 0 Å². The molecule has 1 saturated carbocycles. The summed E-state index contributed by atoms with van der Waals surface area (Å²) < 4.78 is 1.98. The molecule has 1 fully saturated rings.